The lowest BCUT2D eigenvalue weighted by Gasteiger charge is -2.31. The van der Waals surface area contributed by atoms with Gasteiger partial charge in [0, 0.05) is 19.1 Å². The Morgan fingerprint density at radius 3 is 2.68 bits per heavy atom. The summed E-state index contributed by atoms with van der Waals surface area (Å²) in [6.45, 7) is 2.90. The van der Waals surface area contributed by atoms with Crippen LogP contribution in [0.2, 0.25) is 0 Å². The summed E-state index contributed by atoms with van der Waals surface area (Å²) in [4.78, 5) is 13.0. The molecule has 0 spiro atoms. The largest absolute Gasteiger partial charge is 0.450 e. The maximum atomic E-state index is 13.1. The number of piperidine rings is 1. The molecule has 1 heterocycles. The van der Waals surface area contributed by atoms with Crippen LogP contribution in [0.1, 0.15) is 19.8 Å². The highest BCUT2D eigenvalue weighted by molar-refractivity contribution is 7.89. The SMILES string of the molecule is CCOC(=O)N1CCC(NS(=O)(=O)c2cccc(F)c2)CC1. The van der Waals surface area contributed by atoms with E-state index in [1.54, 1.807) is 11.8 Å². The van der Waals surface area contributed by atoms with Crippen molar-refractivity contribution in [1.82, 2.24) is 9.62 Å². The Morgan fingerprint density at radius 2 is 2.09 bits per heavy atom. The summed E-state index contributed by atoms with van der Waals surface area (Å²) in [5.41, 5.74) is 0. The van der Waals surface area contributed by atoms with Crippen LogP contribution in [-0.2, 0) is 14.8 Å². The number of hydrogen-bond acceptors (Lipinski definition) is 4. The molecule has 0 aliphatic carbocycles. The summed E-state index contributed by atoms with van der Waals surface area (Å²) in [6, 6.07) is 4.60. The van der Waals surface area contributed by atoms with E-state index in [-0.39, 0.29) is 17.0 Å². The molecule has 0 saturated carbocycles. The van der Waals surface area contributed by atoms with E-state index in [9.17, 15) is 17.6 Å². The Bertz CT molecular complexity index is 627. The normalized spacial score (nSPS) is 16.5. The van der Waals surface area contributed by atoms with E-state index in [0.717, 1.165) is 6.07 Å². The average Bonchev–Trinajstić information content (AvgIpc) is 2.48. The van der Waals surface area contributed by atoms with Crippen LogP contribution in [0.25, 0.3) is 0 Å². The van der Waals surface area contributed by atoms with E-state index in [0.29, 0.717) is 32.5 Å². The van der Waals surface area contributed by atoms with Crippen molar-refractivity contribution in [2.75, 3.05) is 19.7 Å². The Kier molecular flexibility index (Phi) is 5.36. The molecule has 1 fully saturated rings. The molecule has 22 heavy (non-hydrogen) atoms. The number of rotatable bonds is 4. The van der Waals surface area contributed by atoms with E-state index >= 15 is 0 Å². The Balaban J connectivity index is 1.94. The number of hydrogen-bond donors (Lipinski definition) is 1. The van der Waals surface area contributed by atoms with Crippen LogP contribution in [0.15, 0.2) is 29.2 Å². The van der Waals surface area contributed by atoms with E-state index in [2.05, 4.69) is 4.72 Å². The predicted molar refractivity (Wildman–Crippen MR) is 78.3 cm³/mol. The van der Waals surface area contributed by atoms with Crippen LogP contribution in [-0.4, -0.2) is 45.1 Å². The van der Waals surface area contributed by atoms with Gasteiger partial charge in [-0.2, -0.15) is 0 Å². The minimum Gasteiger partial charge on any atom is -0.450 e. The third-order valence-corrected chi connectivity index (χ3v) is 4.97. The molecule has 0 aromatic heterocycles. The van der Waals surface area contributed by atoms with Gasteiger partial charge in [0.05, 0.1) is 11.5 Å². The summed E-state index contributed by atoms with van der Waals surface area (Å²) in [7, 11) is -3.76. The number of amides is 1. The number of sulfonamides is 1. The second-order valence-electron chi connectivity index (χ2n) is 5.04. The van der Waals surface area contributed by atoms with E-state index in [1.165, 1.54) is 18.2 Å². The van der Waals surface area contributed by atoms with Crippen molar-refractivity contribution in [3.8, 4) is 0 Å². The maximum absolute atomic E-state index is 13.1. The highest BCUT2D eigenvalue weighted by Gasteiger charge is 2.27. The highest BCUT2D eigenvalue weighted by atomic mass is 32.2. The van der Waals surface area contributed by atoms with Gasteiger partial charge in [-0.15, -0.1) is 0 Å². The number of nitrogens with one attached hydrogen (secondary N) is 1. The molecule has 2 rings (SSSR count). The molecular formula is C14H19FN2O4S. The molecule has 6 nitrogen and oxygen atoms in total. The van der Waals surface area contributed by atoms with Gasteiger partial charge in [0.25, 0.3) is 0 Å². The zero-order valence-electron chi connectivity index (χ0n) is 12.3. The summed E-state index contributed by atoms with van der Waals surface area (Å²) >= 11 is 0. The third kappa shape index (κ3) is 4.17. The van der Waals surface area contributed by atoms with Crippen molar-refractivity contribution in [2.24, 2.45) is 0 Å². The van der Waals surface area contributed by atoms with Gasteiger partial charge < -0.3 is 9.64 Å². The second kappa shape index (κ2) is 7.06. The van der Waals surface area contributed by atoms with Crippen molar-refractivity contribution in [3.05, 3.63) is 30.1 Å². The van der Waals surface area contributed by atoms with Crippen LogP contribution in [0.5, 0.6) is 0 Å². The zero-order chi connectivity index (χ0) is 16.2. The van der Waals surface area contributed by atoms with Crippen LogP contribution in [0.3, 0.4) is 0 Å². The van der Waals surface area contributed by atoms with Gasteiger partial charge >= 0.3 is 6.09 Å². The van der Waals surface area contributed by atoms with Gasteiger partial charge in [0.1, 0.15) is 5.82 Å². The number of likely N-dealkylation sites (tertiary alicyclic amines) is 1. The molecule has 8 heteroatoms. The zero-order valence-corrected chi connectivity index (χ0v) is 13.1. The van der Waals surface area contributed by atoms with Crippen LogP contribution >= 0.6 is 0 Å². The fourth-order valence-corrected chi connectivity index (χ4v) is 3.65. The Hall–Kier alpha value is -1.67. The molecule has 0 unspecified atom stereocenters. The predicted octanol–water partition coefficient (Wildman–Crippen LogP) is 1.72. The smallest absolute Gasteiger partial charge is 0.409 e. The van der Waals surface area contributed by atoms with Crippen LogP contribution < -0.4 is 4.72 Å². The fraction of sp³-hybridized carbons (Fsp3) is 0.500. The summed E-state index contributed by atoms with van der Waals surface area (Å²) in [6.07, 6.45) is 0.606. The second-order valence-corrected chi connectivity index (χ2v) is 6.75. The molecule has 0 radical (unpaired) electrons. The Labute approximate surface area is 129 Å². The van der Waals surface area contributed by atoms with Crippen LogP contribution in [0, 0.1) is 5.82 Å². The van der Waals surface area contributed by atoms with Gasteiger partial charge in [-0.3, -0.25) is 0 Å². The van der Waals surface area contributed by atoms with Crippen molar-refractivity contribution in [2.45, 2.75) is 30.7 Å². The van der Waals surface area contributed by atoms with Gasteiger partial charge in [-0.1, -0.05) is 6.07 Å². The minimum absolute atomic E-state index is 0.0969. The molecule has 0 atom stereocenters. The lowest BCUT2D eigenvalue weighted by atomic mass is 10.1. The van der Waals surface area contributed by atoms with E-state index in [4.69, 9.17) is 4.74 Å². The molecule has 1 aliphatic rings. The summed E-state index contributed by atoms with van der Waals surface area (Å²) in [5.74, 6) is -0.597. The molecule has 0 bridgehead atoms. The van der Waals surface area contributed by atoms with Gasteiger partial charge in [-0.25, -0.2) is 22.3 Å². The fourth-order valence-electron chi connectivity index (χ4n) is 2.32. The molecule has 1 aromatic carbocycles. The number of carbonyl (C=O) groups excluding carboxylic acids is 1. The average molecular weight is 330 g/mol. The van der Waals surface area contributed by atoms with Crippen molar-refractivity contribution < 1.29 is 22.3 Å². The van der Waals surface area contributed by atoms with Crippen molar-refractivity contribution in [3.63, 3.8) is 0 Å². The number of carbonyl (C=O) groups is 1. The molecule has 122 valence electrons. The third-order valence-electron chi connectivity index (χ3n) is 3.45. The Morgan fingerprint density at radius 1 is 1.41 bits per heavy atom. The van der Waals surface area contributed by atoms with E-state index in [1.807, 2.05) is 0 Å². The molecule has 1 saturated heterocycles. The molecule has 1 aliphatic heterocycles. The van der Waals surface area contributed by atoms with Gasteiger partial charge in [-0.05, 0) is 38.0 Å². The molecule has 1 aromatic rings. The van der Waals surface area contributed by atoms with E-state index < -0.39 is 15.8 Å². The number of benzene rings is 1. The number of nitrogens with zero attached hydrogens (tertiary/aromatic N) is 1. The summed E-state index contributed by atoms with van der Waals surface area (Å²) < 4.78 is 45.0. The highest BCUT2D eigenvalue weighted by Crippen LogP contribution is 2.16. The molecular weight excluding hydrogens is 311 g/mol. The maximum Gasteiger partial charge on any atom is 0.409 e. The lowest BCUT2D eigenvalue weighted by Crippen LogP contribution is -2.46. The quantitative estimate of drug-likeness (QED) is 0.912. The van der Waals surface area contributed by atoms with Crippen LogP contribution in [0.4, 0.5) is 9.18 Å². The molecule has 1 N–H and O–H groups in total. The van der Waals surface area contributed by atoms with Crippen molar-refractivity contribution in [1.29, 1.82) is 0 Å². The van der Waals surface area contributed by atoms with Gasteiger partial charge in [0.2, 0.25) is 10.0 Å². The molecule has 1 amide bonds. The lowest BCUT2D eigenvalue weighted by molar-refractivity contribution is 0.0966. The first-order chi connectivity index (χ1) is 10.4. The first-order valence-electron chi connectivity index (χ1n) is 7.12. The van der Waals surface area contributed by atoms with Crippen molar-refractivity contribution >= 4 is 16.1 Å². The minimum atomic E-state index is -3.76. The summed E-state index contributed by atoms with van der Waals surface area (Å²) in [5, 5.41) is 0. The first-order valence-corrected chi connectivity index (χ1v) is 8.60. The van der Waals surface area contributed by atoms with Gasteiger partial charge in [0.15, 0.2) is 0 Å². The topological polar surface area (TPSA) is 75.7 Å². The first kappa shape index (κ1) is 16.7. The standard InChI is InChI=1S/C14H19FN2O4S/c1-2-21-14(18)17-8-6-12(7-9-17)16-22(19,20)13-5-3-4-11(15)10-13/h3-5,10,12,16H,2,6-9H2,1H3. The number of ether oxygens (including phenoxy) is 1. The number of halogens is 1. The monoisotopic (exact) mass is 330 g/mol.